The molecular formula is C22H22N2O7. The molecule has 2 aromatic carbocycles. The maximum absolute atomic E-state index is 12.6. The number of hydrogen-bond donors (Lipinski definition) is 2. The van der Waals surface area contributed by atoms with Gasteiger partial charge in [-0.15, -0.1) is 0 Å². The number of methoxy groups -OCH3 is 2. The monoisotopic (exact) mass is 426 g/mol. The summed E-state index contributed by atoms with van der Waals surface area (Å²) < 4.78 is 15.2. The van der Waals surface area contributed by atoms with Crippen LogP contribution in [0.2, 0.25) is 0 Å². The van der Waals surface area contributed by atoms with Crippen molar-refractivity contribution in [1.82, 2.24) is 0 Å². The molecule has 1 heterocycles. The van der Waals surface area contributed by atoms with Gasteiger partial charge in [0, 0.05) is 5.69 Å². The van der Waals surface area contributed by atoms with Crippen LogP contribution in [0.15, 0.2) is 53.7 Å². The molecule has 1 aliphatic heterocycles. The minimum Gasteiger partial charge on any atom is -0.478 e. The summed E-state index contributed by atoms with van der Waals surface area (Å²) in [6, 6.07) is 12.0. The molecule has 0 bridgehead atoms. The predicted molar refractivity (Wildman–Crippen MR) is 112 cm³/mol. The molecule has 0 atom stereocenters. The summed E-state index contributed by atoms with van der Waals surface area (Å²) in [5, 5.41) is 12.9. The van der Waals surface area contributed by atoms with Crippen molar-refractivity contribution in [2.75, 3.05) is 37.8 Å². The third kappa shape index (κ3) is 4.51. The number of carbonyl (C=O) groups excluding carboxylic acids is 2. The zero-order valence-electron chi connectivity index (χ0n) is 17.3. The molecule has 0 spiro atoms. The molecule has 0 saturated heterocycles. The second-order valence-electron chi connectivity index (χ2n) is 6.71. The van der Waals surface area contributed by atoms with Crippen LogP contribution in [-0.4, -0.2) is 50.6 Å². The molecule has 0 saturated carbocycles. The average molecular weight is 426 g/mol. The molecule has 0 aromatic heterocycles. The maximum Gasteiger partial charge on any atom is 0.355 e. The van der Waals surface area contributed by atoms with Crippen molar-refractivity contribution >= 4 is 35.0 Å². The Morgan fingerprint density at radius 3 is 2.32 bits per heavy atom. The number of nitrogens with zero attached hydrogens (tertiary/aromatic N) is 1. The molecule has 31 heavy (non-hydrogen) atoms. The van der Waals surface area contributed by atoms with Gasteiger partial charge >= 0.3 is 17.9 Å². The SMILES string of the molecule is COC(=O)C1=C(C(=O)OC)N(c2cccc(C(=O)O)c2Nc2ccc(C)cc2)COC1. The van der Waals surface area contributed by atoms with Crippen LogP contribution < -0.4 is 10.2 Å². The minimum atomic E-state index is -1.16. The van der Waals surface area contributed by atoms with Crippen molar-refractivity contribution in [1.29, 1.82) is 0 Å². The van der Waals surface area contributed by atoms with Crippen LogP contribution in [0.25, 0.3) is 0 Å². The fraction of sp³-hybridized carbons (Fsp3) is 0.227. The summed E-state index contributed by atoms with van der Waals surface area (Å²) in [4.78, 5) is 38.2. The summed E-state index contributed by atoms with van der Waals surface area (Å²) in [7, 11) is 2.38. The van der Waals surface area contributed by atoms with E-state index >= 15 is 0 Å². The number of hydrogen-bond acceptors (Lipinski definition) is 8. The normalized spacial score (nSPS) is 13.6. The molecule has 2 aromatic rings. The number of benzene rings is 2. The molecule has 0 amide bonds. The third-order valence-corrected chi connectivity index (χ3v) is 4.72. The molecule has 0 fully saturated rings. The zero-order valence-corrected chi connectivity index (χ0v) is 17.3. The maximum atomic E-state index is 12.6. The summed E-state index contributed by atoms with van der Waals surface area (Å²) in [5.41, 5.74) is 2.12. The first-order chi connectivity index (χ1) is 14.9. The van der Waals surface area contributed by atoms with Crippen LogP contribution in [0.4, 0.5) is 17.1 Å². The lowest BCUT2D eigenvalue weighted by molar-refractivity contribution is -0.140. The van der Waals surface area contributed by atoms with E-state index in [1.54, 1.807) is 24.3 Å². The molecule has 1 aliphatic rings. The van der Waals surface area contributed by atoms with Gasteiger partial charge in [-0.2, -0.15) is 0 Å². The lowest BCUT2D eigenvalue weighted by atomic mass is 10.1. The Labute approximate surface area is 178 Å². The van der Waals surface area contributed by atoms with Gasteiger partial charge in [0.2, 0.25) is 0 Å². The topological polar surface area (TPSA) is 114 Å². The molecule has 162 valence electrons. The van der Waals surface area contributed by atoms with E-state index in [1.807, 2.05) is 19.1 Å². The summed E-state index contributed by atoms with van der Waals surface area (Å²) in [5.74, 6) is -2.68. The van der Waals surface area contributed by atoms with E-state index < -0.39 is 17.9 Å². The van der Waals surface area contributed by atoms with Crippen molar-refractivity contribution in [2.45, 2.75) is 6.92 Å². The number of aryl methyl sites for hydroxylation is 1. The highest BCUT2D eigenvalue weighted by atomic mass is 16.5. The third-order valence-electron chi connectivity index (χ3n) is 4.72. The van der Waals surface area contributed by atoms with Crippen molar-refractivity contribution in [3.63, 3.8) is 0 Å². The van der Waals surface area contributed by atoms with Gasteiger partial charge < -0.3 is 29.5 Å². The van der Waals surface area contributed by atoms with Crippen LogP contribution in [0.3, 0.4) is 0 Å². The first-order valence-corrected chi connectivity index (χ1v) is 9.32. The highest BCUT2D eigenvalue weighted by Gasteiger charge is 2.34. The van der Waals surface area contributed by atoms with Crippen LogP contribution in [-0.2, 0) is 23.8 Å². The van der Waals surface area contributed by atoms with Gasteiger partial charge in [0.25, 0.3) is 0 Å². The van der Waals surface area contributed by atoms with E-state index in [0.29, 0.717) is 11.4 Å². The Balaban J connectivity index is 2.19. The smallest absolute Gasteiger partial charge is 0.355 e. The second kappa shape index (κ2) is 9.31. The largest absolute Gasteiger partial charge is 0.478 e. The minimum absolute atomic E-state index is 0.0208. The Morgan fingerprint density at radius 1 is 1.03 bits per heavy atom. The van der Waals surface area contributed by atoms with E-state index in [1.165, 1.54) is 25.2 Å². The Hall–Kier alpha value is -3.85. The van der Waals surface area contributed by atoms with Gasteiger partial charge in [0.05, 0.1) is 43.3 Å². The van der Waals surface area contributed by atoms with Crippen molar-refractivity contribution in [3.05, 3.63) is 64.9 Å². The lowest BCUT2D eigenvalue weighted by Gasteiger charge is -2.33. The van der Waals surface area contributed by atoms with Gasteiger partial charge in [0.1, 0.15) is 12.4 Å². The van der Waals surface area contributed by atoms with E-state index in [0.717, 1.165) is 5.56 Å². The molecular weight excluding hydrogens is 404 g/mol. The Kier molecular flexibility index (Phi) is 6.56. The number of aromatic carboxylic acids is 1. The molecule has 3 rings (SSSR count). The predicted octanol–water partition coefficient (Wildman–Crippen LogP) is 2.83. The first kappa shape index (κ1) is 21.8. The van der Waals surface area contributed by atoms with Crippen molar-refractivity contribution < 1.29 is 33.7 Å². The first-order valence-electron chi connectivity index (χ1n) is 9.32. The van der Waals surface area contributed by atoms with E-state index in [2.05, 4.69) is 5.32 Å². The number of anilines is 3. The number of carboxylic acid groups (broad SMARTS) is 1. The number of rotatable bonds is 6. The Bertz CT molecular complexity index is 1040. The molecule has 9 heteroatoms. The van der Waals surface area contributed by atoms with E-state index in [9.17, 15) is 19.5 Å². The van der Waals surface area contributed by atoms with Crippen LogP contribution in [0.5, 0.6) is 0 Å². The van der Waals surface area contributed by atoms with Crippen LogP contribution >= 0.6 is 0 Å². The number of esters is 2. The zero-order chi connectivity index (χ0) is 22.5. The summed E-state index contributed by atoms with van der Waals surface area (Å²) >= 11 is 0. The summed E-state index contributed by atoms with van der Waals surface area (Å²) in [6.45, 7) is 1.69. The van der Waals surface area contributed by atoms with Crippen LogP contribution in [0.1, 0.15) is 15.9 Å². The van der Waals surface area contributed by atoms with Crippen molar-refractivity contribution in [2.24, 2.45) is 0 Å². The Morgan fingerprint density at radius 2 is 1.71 bits per heavy atom. The average Bonchev–Trinajstić information content (AvgIpc) is 2.79. The standard InChI is InChI=1S/C22H22N2O7/c1-13-7-9-14(10-8-13)23-18-15(20(25)26)5-4-6-17(18)24-12-31-11-16(21(27)29-2)19(24)22(28)30-3/h4-10,23H,11-12H2,1-3H3,(H,25,26). The number of carbonyl (C=O) groups is 3. The molecule has 9 nitrogen and oxygen atoms in total. The highest BCUT2D eigenvalue weighted by molar-refractivity contribution is 6.06. The van der Waals surface area contributed by atoms with Gasteiger partial charge in [-0.1, -0.05) is 23.8 Å². The number of nitrogens with one attached hydrogen (secondary N) is 1. The van der Waals surface area contributed by atoms with Crippen LogP contribution in [0, 0.1) is 6.92 Å². The number of carboxylic acids is 1. The van der Waals surface area contributed by atoms with Gasteiger partial charge in [-0.3, -0.25) is 0 Å². The number of para-hydroxylation sites is 1. The fourth-order valence-electron chi connectivity index (χ4n) is 3.19. The lowest BCUT2D eigenvalue weighted by Crippen LogP contribution is -2.39. The summed E-state index contributed by atoms with van der Waals surface area (Å²) in [6.07, 6.45) is 0. The van der Waals surface area contributed by atoms with Gasteiger partial charge in [-0.25, -0.2) is 14.4 Å². The van der Waals surface area contributed by atoms with E-state index in [4.69, 9.17) is 14.2 Å². The highest BCUT2D eigenvalue weighted by Crippen LogP contribution is 2.36. The molecule has 0 radical (unpaired) electrons. The fourth-order valence-corrected chi connectivity index (χ4v) is 3.19. The second-order valence-corrected chi connectivity index (χ2v) is 6.71. The molecule has 0 aliphatic carbocycles. The molecule has 2 N–H and O–H groups in total. The number of ether oxygens (including phenoxy) is 3. The van der Waals surface area contributed by atoms with Gasteiger partial charge in [-0.05, 0) is 31.2 Å². The molecule has 0 unspecified atom stereocenters. The van der Waals surface area contributed by atoms with Gasteiger partial charge in [0.15, 0.2) is 0 Å². The quantitative estimate of drug-likeness (QED) is 0.673. The van der Waals surface area contributed by atoms with E-state index in [-0.39, 0.29) is 35.9 Å². The van der Waals surface area contributed by atoms with Crippen molar-refractivity contribution in [3.8, 4) is 0 Å².